The van der Waals surface area contributed by atoms with Crippen molar-refractivity contribution in [2.45, 2.75) is 19.8 Å². The molecule has 2 N–H and O–H groups in total. The lowest BCUT2D eigenvalue weighted by Gasteiger charge is -2.07. The Balaban J connectivity index is 1.70. The molecule has 2 rings (SSSR count). The van der Waals surface area contributed by atoms with Gasteiger partial charge in [-0.2, -0.15) is 0 Å². The number of carbonyl (C=O) groups is 1. The minimum absolute atomic E-state index is 0.146. The average Bonchev–Trinajstić information content (AvgIpc) is 3.16. The summed E-state index contributed by atoms with van der Waals surface area (Å²) in [5.41, 5.74) is 1.24. The largest absolute Gasteiger partial charge is 0.508 e. The Morgan fingerprint density at radius 2 is 2.28 bits per heavy atom. The molecule has 0 saturated heterocycles. The highest BCUT2D eigenvalue weighted by Gasteiger charge is 2.20. The van der Waals surface area contributed by atoms with Gasteiger partial charge < -0.3 is 15.2 Å². The third kappa shape index (κ3) is 3.74. The first kappa shape index (κ1) is 12.9. The fraction of sp³-hybridized carbons (Fsp3) is 0.500. The van der Waals surface area contributed by atoms with Crippen LogP contribution in [0.25, 0.3) is 0 Å². The smallest absolute Gasteiger partial charge is 0.251 e. The van der Waals surface area contributed by atoms with Crippen molar-refractivity contribution in [3.8, 4) is 5.75 Å². The molecule has 4 heteroatoms. The molecule has 1 fully saturated rings. The number of aryl methyl sites for hydroxylation is 1. The Labute approximate surface area is 107 Å². The zero-order valence-corrected chi connectivity index (χ0v) is 10.6. The molecule has 1 aromatic rings. The number of phenols is 1. The fourth-order valence-corrected chi connectivity index (χ4v) is 1.62. The number of carbonyl (C=O) groups excluding carboxylic acids is 1. The van der Waals surface area contributed by atoms with Gasteiger partial charge in [-0.1, -0.05) is 6.07 Å². The van der Waals surface area contributed by atoms with E-state index in [9.17, 15) is 9.90 Å². The zero-order chi connectivity index (χ0) is 13.0. The number of aromatic hydroxyl groups is 1. The number of nitrogens with one attached hydrogen (secondary N) is 1. The molecule has 0 aliphatic heterocycles. The summed E-state index contributed by atoms with van der Waals surface area (Å²) in [4.78, 5) is 11.7. The van der Waals surface area contributed by atoms with E-state index in [0.29, 0.717) is 18.7 Å². The van der Waals surface area contributed by atoms with Gasteiger partial charge in [0, 0.05) is 18.7 Å². The van der Waals surface area contributed by atoms with Gasteiger partial charge in [0.25, 0.3) is 5.91 Å². The molecule has 0 heterocycles. The molecule has 1 aliphatic rings. The molecule has 0 atom stereocenters. The van der Waals surface area contributed by atoms with E-state index in [1.165, 1.54) is 18.9 Å². The molecule has 98 valence electrons. The molecule has 0 spiro atoms. The highest BCUT2D eigenvalue weighted by atomic mass is 16.5. The van der Waals surface area contributed by atoms with Crippen molar-refractivity contribution in [2.24, 2.45) is 5.92 Å². The number of hydrogen-bond donors (Lipinski definition) is 2. The molecule has 0 bridgehead atoms. The van der Waals surface area contributed by atoms with E-state index < -0.39 is 0 Å². The van der Waals surface area contributed by atoms with Gasteiger partial charge in [0.05, 0.1) is 6.61 Å². The average molecular weight is 249 g/mol. The summed E-state index contributed by atoms with van der Waals surface area (Å²) in [6.07, 6.45) is 2.55. The third-order valence-corrected chi connectivity index (χ3v) is 3.05. The van der Waals surface area contributed by atoms with Gasteiger partial charge in [-0.05, 0) is 43.4 Å². The lowest BCUT2D eigenvalue weighted by Crippen LogP contribution is -2.27. The summed E-state index contributed by atoms with van der Waals surface area (Å²) in [5.74, 6) is 0.711. The number of ether oxygens (including phenoxy) is 1. The minimum Gasteiger partial charge on any atom is -0.508 e. The van der Waals surface area contributed by atoms with Crippen LogP contribution in [0.5, 0.6) is 5.75 Å². The van der Waals surface area contributed by atoms with Gasteiger partial charge in [-0.25, -0.2) is 0 Å². The summed E-state index contributed by atoms with van der Waals surface area (Å²) in [6, 6.07) is 4.92. The molecular formula is C14H19NO3. The standard InChI is InChI=1S/C14H19NO3/c1-10-2-5-12(8-13(10)16)14(17)15-6-7-18-9-11-3-4-11/h2,5,8,11,16H,3-4,6-7,9H2,1H3,(H,15,17). The first-order valence-corrected chi connectivity index (χ1v) is 6.32. The monoisotopic (exact) mass is 249 g/mol. The van der Waals surface area contributed by atoms with Gasteiger partial charge >= 0.3 is 0 Å². The molecule has 1 amide bonds. The van der Waals surface area contributed by atoms with Crippen molar-refractivity contribution in [1.82, 2.24) is 5.32 Å². The van der Waals surface area contributed by atoms with Gasteiger partial charge in [0.15, 0.2) is 0 Å². The summed E-state index contributed by atoms with van der Waals surface area (Å²) in [6.45, 7) is 3.64. The molecular weight excluding hydrogens is 230 g/mol. The van der Waals surface area contributed by atoms with E-state index in [-0.39, 0.29) is 11.7 Å². The van der Waals surface area contributed by atoms with Crippen LogP contribution in [0.1, 0.15) is 28.8 Å². The van der Waals surface area contributed by atoms with Gasteiger partial charge in [0.2, 0.25) is 0 Å². The van der Waals surface area contributed by atoms with Crippen molar-refractivity contribution < 1.29 is 14.6 Å². The van der Waals surface area contributed by atoms with E-state index >= 15 is 0 Å². The number of amides is 1. The van der Waals surface area contributed by atoms with Crippen molar-refractivity contribution in [3.63, 3.8) is 0 Å². The second-order valence-electron chi connectivity index (χ2n) is 4.78. The Kier molecular flexibility index (Phi) is 4.20. The predicted molar refractivity (Wildman–Crippen MR) is 68.7 cm³/mol. The number of hydrogen-bond acceptors (Lipinski definition) is 3. The Morgan fingerprint density at radius 3 is 2.94 bits per heavy atom. The fourth-order valence-electron chi connectivity index (χ4n) is 1.62. The molecule has 1 aliphatic carbocycles. The van der Waals surface area contributed by atoms with Crippen LogP contribution in [-0.2, 0) is 4.74 Å². The van der Waals surface area contributed by atoms with Crippen LogP contribution < -0.4 is 5.32 Å². The topological polar surface area (TPSA) is 58.6 Å². The molecule has 4 nitrogen and oxygen atoms in total. The Bertz CT molecular complexity index is 427. The number of rotatable bonds is 6. The SMILES string of the molecule is Cc1ccc(C(=O)NCCOCC2CC2)cc1O. The van der Waals surface area contributed by atoms with E-state index in [1.54, 1.807) is 19.1 Å². The second kappa shape index (κ2) is 5.87. The Morgan fingerprint density at radius 1 is 1.50 bits per heavy atom. The van der Waals surface area contributed by atoms with E-state index in [1.807, 2.05) is 0 Å². The highest BCUT2D eigenvalue weighted by Crippen LogP contribution is 2.28. The summed E-state index contributed by atoms with van der Waals surface area (Å²) in [5, 5.41) is 12.3. The number of benzene rings is 1. The van der Waals surface area contributed by atoms with Crippen LogP contribution in [0.15, 0.2) is 18.2 Å². The van der Waals surface area contributed by atoms with Gasteiger partial charge in [-0.3, -0.25) is 4.79 Å². The molecule has 1 saturated carbocycles. The van der Waals surface area contributed by atoms with E-state index in [0.717, 1.165) is 18.1 Å². The maximum atomic E-state index is 11.7. The molecule has 0 aromatic heterocycles. The Hall–Kier alpha value is -1.55. The lowest BCUT2D eigenvalue weighted by molar-refractivity contribution is 0.0906. The highest BCUT2D eigenvalue weighted by molar-refractivity contribution is 5.94. The third-order valence-electron chi connectivity index (χ3n) is 3.05. The van der Waals surface area contributed by atoms with Crippen LogP contribution in [0.4, 0.5) is 0 Å². The molecule has 0 unspecified atom stereocenters. The quantitative estimate of drug-likeness (QED) is 0.756. The molecule has 0 radical (unpaired) electrons. The van der Waals surface area contributed by atoms with Crippen LogP contribution in [-0.4, -0.2) is 30.8 Å². The van der Waals surface area contributed by atoms with Crippen molar-refractivity contribution in [2.75, 3.05) is 19.8 Å². The van der Waals surface area contributed by atoms with Gasteiger partial charge in [-0.15, -0.1) is 0 Å². The maximum absolute atomic E-state index is 11.7. The molecule has 18 heavy (non-hydrogen) atoms. The van der Waals surface area contributed by atoms with Crippen molar-refractivity contribution >= 4 is 5.91 Å². The molecule has 1 aromatic carbocycles. The van der Waals surface area contributed by atoms with Crippen LogP contribution >= 0.6 is 0 Å². The summed E-state index contributed by atoms with van der Waals surface area (Å²) < 4.78 is 5.42. The van der Waals surface area contributed by atoms with E-state index in [2.05, 4.69) is 5.32 Å². The van der Waals surface area contributed by atoms with Crippen LogP contribution in [0, 0.1) is 12.8 Å². The van der Waals surface area contributed by atoms with Crippen molar-refractivity contribution in [1.29, 1.82) is 0 Å². The zero-order valence-electron chi connectivity index (χ0n) is 10.6. The summed E-state index contributed by atoms with van der Waals surface area (Å²) in [7, 11) is 0. The normalized spacial score (nSPS) is 14.5. The predicted octanol–water partition coefficient (Wildman–Crippen LogP) is 1.86. The van der Waals surface area contributed by atoms with Crippen molar-refractivity contribution in [3.05, 3.63) is 29.3 Å². The summed E-state index contributed by atoms with van der Waals surface area (Å²) >= 11 is 0. The van der Waals surface area contributed by atoms with Crippen LogP contribution in [0.3, 0.4) is 0 Å². The first-order valence-electron chi connectivity index (χ1n) is 6.32. The van der Waals surface area contributed by atoms with E-state index in [4.69, 9.17) is 4.74 Å². The van der Waals surface area contributed by atoms with Crippen LogP contribution in [0.2, 0.25) is 0 Å². The lowest BCUT2D eigenvalue weighted by atomic mass is 10.1. The second-order valence-corrected chi connectivity index (χ2v) is 4.78. The number of phenolic OH excluding ortho intramolecular Hbond substituents is 1. The van der Waals surface area contributed by atoms with Gasteiger partial charge in [0.1, 0.15) is 5.75 Å². The minimum atomic E-state index is -0.180. The first-order chi connectivity index (χ1) is 8.66. The maximum Gasteiger partial charge on any atom is 0.251 e.